The highest BCUT2D eigenvalue weighted by Crippen LogP contribution is 2.32. The second kappa shape index (κ2) is 5.80. The lowest BCUT2D eigenvalue weighted by atomic mass is 10.1. The number of hydrogen-bond acceptors (Lipinski definition) is 4. The summed E-state index contributed by atoms with van der Waals surface area (Å²) in [6, 6.07) is 0.429. The number of carbonyl (C=O) groups is 1. The molecule has 0 aromatic heterocycles. The van der Waals surface area contributed by atoms with Crippen LogP contribution in [0.2, 0.25) is 0 Å². The van der Waals surface area contributed by atoms with Crippen LogP contribution in [-0.4, -0.2) is 23.0 Å². The lowest BCUT2D eigenvalue weighted by Crippen LogP contribution is -2.19. The average Bonchev–Trinajstić information content (AvgIpc) is 2.76. The van der Waals surface area contributed by atoms with Gasteiger partial charge in [0, 0.05) is 11.6 Å². The van der Waals surface area contributed by atoms with E-state index in [1.165, 1.54) is 0 Å². The zero-order valence-electron chi connectivity index (χ0n) is 10.0. The van der Waals surface area contributed by atoms with Gasteiger partial charge in [0.1, 0.15) is 11.6 Å². The number of nitrogens with one attached hydrogen (secondary N) is 1. The lowest BCUT2D eigenvalue weighted by Gasteiger charge is -2.08. The fourth-order valence-corrected chi connectivity index (χ4v) is 2.04. The van der Waals surface area contributed by atoms with Crippen molar-refractivity contribution in [3.8, 4) is 0 Å². The normalized spacial score (nSPS) is 17.8. The molecule has 4 nitrogen and oxygen atoms in total. The molecule has 1 amide bonds. The molecule has 112 valence electrons. The third-order valence-electron chi connectivity index (χ3n) is 2.32. The number of benzene rings is 1. The zero-order valence-corrected chi connectivity index (χ0v) is 10.9. The molecule has 0 atom stereocenters. The largest absolute Gasteiger partial charge is 0.419 e. The quantitative estimate of drug-likeness (QED) is 0.517. The standard InChI is InChI=1S/C11H6F5N3OS/c12-7-2-8(13)6(11(14,15)16)1-5(7)3-17-19-10-18-9(20)4-21-10/h1-3H,4H2,(H,18,19,20). The number of amides is 1. The number of hydrogen-bond donors (Lipinski definition) is 1. The highest BCUT2D eigenvalue weighted by Gasteiger charge is 2.34. The third kappa shape index (κ3) is 3.78. The Morgan fingerprint density at radius 3 is 2.52 bits per heavy atom. The highest BCUT2D eigenvalue weighted by atomic mass is 32.2. The maximum absolute atomic E-state index is 13.4. The van der Waals surface area contributed by atoms with Crippen LogP contribution in [0.25, 0.3) is 0 Å². The van der Waals surface area contributed by atoms with Crippen molar-refractivity contribution in [3.05, 3.63) is 34.9 Å². The lowest BCUT2D eigenvalue weighted by molar-refractivity contribution is -0.140. The topological polar surface area (TPSA) is 53.8 Å². The summed E-state index contributed by atoms with van der Waals surface area (Å²) in [5, 5.41) is 9.34. The summed E-state index contributed by atoms with van der Waals surface area (Å²) >= 11 is 1.04. The average molecular weight is 323 g/mol. The molecular weight excluding hydrogens is 317 g/mol. The number of thioether (sulfide) groups is 1. The first kappa shape index (κ1) is 15.4. The Balaban J connectivity index is 2.26. The van der Waals surface area contributed by atoms with E-state index >= 15 is 0 Å². The molecule has 1 aliphatic heterocycles. The fraction of sp³-hybridized carbons (Fsp3) is 0.182. The molecule has 0 aliphatic carbocycles. The van der Waals surface area contributed by atoms with Crippen molar-refractivity contribution < 1.29 is 26.7 Å². The minimum absolute atomic E-state index is 0.128. The Morgan fingerprint density at radius 2 is 1.95 bits per heavy atom. The van der Waals surface area contributed by atoms with Crippen LogP contribution in [0.5, 0.6) is 0 Å². The van der Waals surface area contributed by atoms with Gasteiger partial charge in [0.15, 0.2) is 5.17 Å². The molecule has 21 heavy (non-hydrogen) atoms. The molecule has 1 aromatic carbocycles. The molecule has 0 unspecified atom stereocenters. The maximum atomic E-state index is 13.4. The van der Waals surface area contributed by atoms with Crippen LogP contribution >= 0.6 is 11.8 Å². The molecule has 10 heteroatoms. The van der Waals surface area contributed by atoms with Gasteiger partial charge in [-0.15, -0.1) is 5.10 Å². The first-order valence-electron chi connectivity index (χ1n) is 5.37. The molecule has 1 N–H and O–H groups in total. The predicted molar refractivity (Wildman–Crippen MR) is 67.0 cm³/mol. The van der Waals surface area contributed by atoms with E-state index in [4.69, 9.17) is 0 Å². The minimum atomic E-state index is -4.94. The smallest absolute Gasteiger partial charge is 0.303 e. The Hall–Kier alpha value is -1.97. The van der Waals surface area contributed by atoms with E-state index in [0.29, 0.717) is 12.3 Å². The third-order valence-corrected chi connectivity index (χ3v) is 3.19. The summed E-state index contributed by atoms with van der Waals surface area (Å²) < 4.78 is 63.9. The molecular formula is C11H6F5N3OS. The van der Waals surface area contributed by atoms with Gasteiger partial charge in [-0.1, -0.05) is 11.8 Å². The van der Waals surface area contributed by atoms with Gasteiger partial charge in [-0.05, 0) is 6.07 Å². The maximum Gasteiger partial charge on any atom is 0.419 e. The number of halogens is 5. The van der Waals surface area contributed by atoms with Gasteiger partial charge in [0.05, 0.1) is 17.5 Å². The van der Waals surface area contributed by atoms with Crippen molar-refractivity contribution >= 4 is 29.1 Å². The van der Waals surface area contributed by atoms with Crippen molar-refractivity contribution in [3.63, 3.8) is 0 Å². The van der Waals surface area contributed by atoms with Crippen molar-refractivity contribution in [1.82, 2.24) is 5.32 Å². The van der Waals surface area contributed by atoms with Crippen LogP contribution in [0.1, 0.15) is 11.1 Å². The number of alkyl halides is 3. The van der Waals surface area contributed by atoms with Crippen molar-refractivity contribution in [2.45, 2.75) is 6.18 Å². The van der Waals surface area contributed by atoms with E-state index in [9.17, 15) is 26.7 Å². The van der Waals surface area contributed by atoms with E-state index < -0.39 is 28.9 Å². The fourth-order valence-electron chi connectivity index (χ4n) is 1.40. The molecule has 0 bridgehead atoms. The Bertz CT molecular complexity index is 641. The zero-order chi connectivity index (χ0) is 15.6. The van der Waals surface area contributed by atoms with E-state index in [1.54, 1.807) is 0 Å². The number of rotatable bonds is 2. The summed E-state index contributed by atoms with van der Waals surface area (Å²) in [6.07, 6.45) is -4.23. The van der Waals surface area contributed by atoms with Gasteiger partial charge in [0.2, 0.25) is 5.91 Å². The summed E-state index contributed by atoms with van der Waals surface area (Å²) in [6.45, 7) is 0. The van der Waals surface area contributed by atoms with Crippen LogP contribution in [0.3, 0.4) is 0 Å². The van der Waals surface area contributed by atoms with Crippen molar-refractivity contribution in [2.75, 3.05) is 5.75 Å². The second-order valence-electron chi connectivity index (χ2n) is 3.84. The number of amidine groups is 1. The molecule has 1 fully saturated rings. The van der Waals surface area contributed by atoms with Crippen LogP contribution < -0.4 is 5.32 Å². The van der Waals surface area contributed by atoms with E-state index in [1.807, 2.05) is 0 Å². The summed E-state index contributed by atoms with van der Waals surface area (Å²) in [4.78, 5) is 10.8. The predicted octanol–water partition coefficient (Wildman–Crippen LogP) is 2.54. The summed E-state index contributed by atoms with van der Waals surface area (Å²) in [5.41, 5.74) is -2.16. The van der Waals surface area contributed by atoms with Crippen LogP contribution in [-0.2, 0) is 11.0 Å². The van der Waals surface area contributed by atoms with E-state index in [0.717, 1.165) is 11.8 Å². The first-order valence-corrected chi connectivity index (χ1v) is 6.36. The van der Waals surface area contributed by atoms with Crippen LogP contribution in [0, 0.1) is 11.6 Å². The van der Waals surface area contributed by atoms with Crippen molar-refractivity contribution in [1.29, 1.82) is 0 Å². The summed E-state index contributed by atoms with van der Waals surface area (Å²) in [5.74, 6) is -3.05. The van der Waals surface area contributed by atoms with Gasteiger partial charge in [-0.25, -0.2) is 8.78 Å². The molecule has 1 aliphatic rings. The SMILES string of the molecule is O=C1CSC(=NN=Cc2cc(C(F)(F)F)c(F)cc2F)N1. The van der Waals surface area contributed by atoms with Crippen LogP contribution in [0.15, 0.2) is 22.3 Å². The van der Waals surface area contributed by atoms with Crippen LogP contribution in [0.4, 0.5) is 22.0 Å². The minimum Gasteiger partial charge on any atom is -0.303 e. The van der Waals surface area contributed by atoms with Crippen molar-refractivity contribution in [2.24, 2.45) is 10.2 Å². The van der Waals surface area contributed by atoms with E-state index in [2.05, 4.69) is 15.5 Å². The van der Waals surface area contributed by atoms with Gasteiger partial charge in [0.25, 0.3) is 0 Å². The monoisotopic (exact) mass is 323 g/mol. The Morgan fingerprint density at radius 1 is 1.24 bits per heavy atom. The second-order valence-corrected chi connectivity index (χ2v) is 4.80. The molecule has 1 aromatic rings. The number of nitrogens with zero attached hydrogens (tertiary/aromatic N) is 2. The van der Waals surface area contributed by atoms with Gasteiger partial charge >= 0.3 is 6.18 Å². The molecule has 0 radical (unpaired) electrons. The number of carbonyl (C=O) groups excluding carboxylic acids is 1. The van der Waals surface area contributed by atoms with Gasteiger partial charge in [-0.3, -0.25) is 4.79 Å². The molecule has 1 heterocycles. The molecule has 1 saturated heterocycles. The molecule has 2 rings (SSSR count). The highest BCUT2D eigenvalue weighted by molar-refractivity contribution is 8.15. The Kier molecular flexibility index (Phi) is 4.26. The van der Waals surface area contributed by atoms with Gasteiger partial charge in [-0.2, -0.15) is 18.3 Å². The first-order chi connectivity index (χ1) is 9.77. The van der Waals surface area contributed by atoms with Gasteiger partial charge < -0.3 is 5.32 Å². The molecule has 0 saturated carbocycles. The Labute approximate surface area is 119 Å². The van der Waals surface area contributed by atoms with E-state index in [-0.39, 0.29) is 22.9 Å². The summed E-state index contributed by atoms with van der Waals surface area (Å²) in [7, 11) is 0. The molecule has 0 spiro atoms.